The minimum Gasteiger partial charge on any atom is -0.378 e. The molecule has 0 aliphatic carbocycles. The van der Waals surface area contributed by atoms with E-state index in [1.807, 2.05) is 18.2 Å². The summed E-state index contributed by atoms with van der Waals surface area (Å²) in [6.45, 7) is 3.44. The second-order valence-electron chi connectivity index (χ2n) is 6.02. The summed E-state index contributed by atoms with van der Waals surface area (Å²) in [7, 11) is 0. The van der Waals surface area contributed by atoms with Gasteiger partial charge in [-0.2, -0.15) is 0 Å². The van der Waals surface area contributed by atoms with Crippen LogP contribution in [0.25, 0.3) is 0 Å². The van der Waals surface area contributed by atoms with E-state index in [2.05, 4.69) is 15.5 Å². The fraction of sp³-hybridized carbons (Fsp3) is 0.316. The number of amides is 1. The number of hydrogen-bond donors (Lipinski definition) is 2. The molecule has 0 radical (unpaired) electrons. The Labute approximate surface area is 157 Å². The third-order valence-electron chi connectivity index (χ3n) is 4.15. The van der Waals surface area contributed by atoms with E-state index in [1.165, 1.54) is 12.1 Å². The molecule has 5 nitrogen and oxygen atoms in total. The van der Waals surface area contributed by atoms with Gasteiger partial charge in [-0.25, -0.2) is 4.39 Å². The number of hydrogen-bond acceptors (Lipinski definition) is 4. The Balaban J connectivity index is 1.57. The summed E-state index contributed by atoms with van der Waals surface area (Å²) in [6.07, 6.45) is 0. The minimum absolute atomic E-state index is 0.124. The zero-order valence-corrected chi connectivity index (χ0v) is 15.1. The number of nitrogens with one attached hydrogen (secondary N) is 2. The molecule has 0 bridgehead atoms. The predicted octanol–water partition coefficient (Wildman–Crippen LogP) is 3.04. The summed E-state index contributed by atoms with van der Waals surface area (Å²) >= 11 is 6.11. The lowest BCUT2D eigenvalue weighted by molar-refractivity contribution is -0.119. The molecule has 1 aliphatic heterocycles. The molecular formula is C19H21ClFN3O2. The lowest BCUT2D eigenvalue weighted by Crippen LogP contribution is -2.37. The minimum atomic E-state index is -0.293. The highest BCUT2D eigenvalue weighted by Gasteiger charge is 2.15. The molecule has 2 aromatic carbocycles. The third-order valence-corrected chi connectivity index (χ3v) is 4.39. The van der Waals surface area contributed by atoms with Crippen LogP contribution in [0.4, 0.5) is 15.8 Å². The van der Waals surface area contributed by atoms with Gasteiger partial charge in [0.05, 0.1) is 31.1 Å². The first-order chi connectivity index (χ1) is 12.6. The number of halogens is 2. The highest BCUT2D eigenvalue weighted by molar-refractivity contribution is 6.31. The van der Waals surface area contributed by atoms with Crippen LogP contribution in [0.3, 0.4) is 0 Å². The quantitative estimate of drug-likeness (QED) is 0.812. The number of benzene rings is 2. The van der Waals surface area contributed by atoms with E-state index in [0.717, 1.165) is 30.0 Å². The van der Waals surface area contributed by atoms with Crippen molar-refractivity contribution in [3.05, 3.63) is 58.9 Å². The van der Waals surface area contributed by atoms with Crippen molar-refractivity contribution in [2.75, 3.05) is 43.1 Å². The molecule has 138 valence electrons. The van der Waals surface area contributed by atoms with Crippen LogP contribution in [0, 0.1) is 5.82 Å². The van der Waals surface area contributed by atoms with E-state index in [1.54, 1.807) is 12.1 Å². The first-order valence-corrected chi connectivity index (χ1v) is 8.87. The normalized spacial score (nSPS) is 14.2. The molecule has 0 aromatic heterocycles. The molecule has 7 heteroatoms. The third kappa shape index (κ3) is 5.09. The van der Waals surface area contributed by atoms with Crippen LogP contribution in [-0.4, -0.2) is 38.8 Å². The summed E-state index contributed by atoms with van der Waals surface area (Å²) < 4.78 is 18.3. The van der Waals surface area contributed by atoms with Gasteiger partial charge < -0.3 is 20.3 Å². The van der Waals surface area contributed by atoms with Crippen LogP contribution in [0.15, 0.2) is 42.5 Å². The molecule has 0 unspecified atom stereocenters. The Morgan fingerprint density at radius 1 is 1.15 bits per heavy atom. The van der Waals surface area contributed by atoms with Gasteiger partial charge in [-0.05, 0) is 35.9 Å². The zero-order valence-electron chi connectivity index (χ0n) is 14.3. The van der Waals surface area contributed by atoms with Gasteiger partial charge >= 0.3 is 0 Å². The highest BCUT2D eigenvalue weighted by Crippen LogP contribution is 2.29. The maximum atomic E-state index is 12.9. The van der Waals surface area contributed by atoms with Crippen LogP contribution in [0.1, 0.15) is 5.56 Å². The molecule has 0 spiro atoms. The first kappa shape index (κ1) is 18.5. The number of ether oxygens (including phenoxy) is 1. The van der Waals surface area contributed by atoms with E-state index >= 15 is 0 Å². The standard InChI is InChI=1S/C19H21ClFN3O2/c20-15-3-6-18(24-7-9-26-10-8-24)17(11-15)22-13-19(25)23-12-14-1-4-16(21)5-2-14/h1-6,11,22H,7-10,12-13H2,(H,23,25). The van der Waals surface area contributed by atoms with Gasteiger partial charge in [0.2, 0.25) is 5.91 Å². The molecule has 26 heavy (non-hydrogen) atoms. The monoisotopic (exact) mass is 377 g/mol. The fourth-order valence-electron chi connectivity index (χ4n) is 2.77. The second-order valence-corrected chi connectivity index (χ2v) is 6.45. The molecule has 1 aliphatic rings. The van der Waals surface area contributed by atoms with Crippen molar-refractivity contribution in [1.29, 1.82) is 0 Å². The molecule has 1 amide bonds. The van der Waals surface area contributed by atoms with Crippen molar-refractivity contribution in [3.63, 3.8) is 0 Å². The molecule has 3 rings (SSSR count). The van der Waals surface area contributed by atoms with Gasteiger partial charge in [0.1, 0.15) is 5.82 Å². The predicted molar refractivity (Wildman–Crippen MR) is 101 cm³/mol. The van der Waals surface area contributed by atoms with Crippen molar-refractivity contribution in [3.8, 4) is 0 Å². The second kappa shape index (κ2) is 8.87. The van der Waals surface area contributed by atoms with E-state index in [-0.39, 0.29) is 18.3 Å². The molecule has 2 N–H and O–H groups in total. The van der Waals surface area contributed by atoms with Gasteiger partial charge in [-0.15, -0.1) is 0 Å². The van der Waals surface area contributed by atoms with Crippen LogP contribution in [-0.2, 0) is 16.1 Å². The summed E-state index contributed by atoms with van der Waals surface area (Å²) in [5.74, 6) is -0.444. The number of rotatable bonds is 6. The molecular weight excluding hydrogens is 357 g/mol. The Kier molecular flexibility index (Phi) is 6.30. The van der Waals surface area contributed by atoms with Crippen LogP contribution in [0.2, 0.25) is 5.02 Å². The lowest BCUT2D eigenvalue weighted by atomic mass is 10.2. The van der Waals surface area contributed by atoms with Crippen LogP contribution < -0.4 is 15.5 Å². The van der Waals surface area contributed by atoms with E-state index < -0.39 is 0 Å². The lowest BCUT2D eigenvalue weighted by Gasteiger charge is -2.30. The molecule has 1 fully saturated rings. The van der Waals surface area contributed by atoms with Crippen molar-refractivity contribution >= 4 is 28.9 Å². The maximum Gasteiger partial charge on any atom is 0.239 e. The Morgan fingerprint density at radius 2 is 1.88 bits per heavy atom. The summed E-state index contributed by atoms with van der Waals surface area (Å²) in [6, 6.07) is 11.7. The number of carbonyl (C=O) groups is 1. The largest absolute Gasteiger partial charge is 0.378 e. The topological polar surface area (TPSA) is 53.6 Å². The number of nitrogens with zero attached hydrogens (tertiary/aromatic N) is 1. The van der Waals surface area contributed by atoms with Crippen LogP contribution in [0.5, 0.6) is 0 Å². The van der Waals surface area contributed by atoms with Crippen molar-refractivity contribution in [2.45, 2.75) is 6.54 Å². The smallest absolute Gasteiger partial charge is 0.239 e. The molecule has 1 heterocycles. The van der Waals surface area contributed by atoms with E-state index in [9.17, 15) is 9.18 Å². The Morgan fingerprint density at radius 3 is 2.62 bits per heavy atom. The van der Waals surface area contributed by atoms with Gasteiger partial charge in [-0.1, -0.05) is 23.7 Å². The fourth-order valence-corrected chi connectivity index (χ4v) is 2.94. The molecule has 2 aromatic rings. The number of carbonyl (C=O) groups excluding carboxylic acids is 1. The first-order valence-electron chi connectivity index (χ1n) is 8.49. The van der Waals surface area contributed by atoms with Crippen molar-refractivity contribution in [2.24, 2.45) is 0 Å². The molecule has 0 saturated carbocycles. The van der Waals surface area contributed by atoms with Crippen LogP contribution >= 0.6 is 11.6 Å². The zero-order chi connectivity index (χ0) is 18.4. The maximum absolute atomic E-state index is 12.9. The summed E-state index contributed by atoms with van der Waals surface area (Å²) in [5.41, 5.74) is 2.66. The number of morpholine rings is 1. The molecule has 1 saturated heterocycles. The highest BCUT2D eigenvalue weighted by atomic mass is 35.5. The SMILES string of the molecule is O=C(CNc1cc(Cl)ccc1N1CCOCC1)NCc1ccc(F)cc1. The van der Waals surface area contributed by atoms with Crippen molar-refractivity contribution < 1.29 is 13.9 Å². The molecule has 0 atom stereocenters. The Hall–Kier alpha value is -2.31. The van der Waals surface area contributed by atoms with E-state index in [4.69, 9.17) is 16.3 Å². The number of anilines is 2. The van der Waals surface area contributed by atoms with Gasteiger partial charge in [0.25, 0.3) is 0 Å². The van der Waals surface area contributed by atoms with Gasteiger partial charge in [0, 0.05) is 24.7 Å². The van der Waals surface area contributed by atoms with Gasteiger partial charge in [-0.3, -0.25) is 4.79 Å². The average Bonchev–Trinajstić information content (AvgIpc) is 2.66. The summed E-state index contributed by atoms with van der Waals surface area (Å²) in [4.78, 5) is 14.3. The summed E-state index contributed by atoms with van der Waals surface area (Å²) in [5, 5.41) is 6.58. The van der Waals surface area contributed by atoms with Crippen molar-refractivity contribution in [1.82, 2.24) is 5.32 Å². The average molecular weight is 378 g/mol. The Bertz CT molecular complexity index is 749. The van der Waals surface area contributed by atoms with Gasteiger partial charge in [0.15, 0.2) is 0 Å². The van der Waals surface area contributed by atoms with E-state index in [0.29, 0.717) is 24.8 Å².